The highest BCUT2D eigenvalue weighted by Crippen LogP contribution is 2.32. The number of thiazole rings is 1. The maximum Gasteiger partial charge on any atom is 0.231 e. The summed E-state index contributed by atoms with van der Waals surface area (Å²) in [7, 11) is 0. The molecule has 0 spiro atoms. The SMILES string of the molecule is NC1=Nc2c/c(=C\c3sc(Nc4ccccc4Br)nc3O)ccc2=N1. The number of anilines is 2. The van der Waals surface area contributed by atoms with Crippen molar-refractivity contribution in [3.05, 3.63) is 62.4 Å². The van der Waals surface area contributed by atoms with Gasteiger partial charge < -0.3 is 16.2 Å². The lowest BCUT2D eigenvalue weighted by molar-refractivity contribution is 0.457. The summed E-state index contributed by atoms with van der Waals surface area (Å²) >= 11 is 4.84. The molecule has 2 heterocycles. The van der Waals surface area contributed by atoms with E-state index < -0.39 is 0 Å². The van der Waals surface area contributed by atoms with Crippen LogP contribution in [0.4, 0.5) is 16.5 Å². The molecule has 4 rings (SSSR count). The fraction of sp³-hybridized carbons (Fsp3) is 0. The average Bonchev–Trinajstić information content (AvgIpc) is 3.11. The molecule has 0 unspecified atom stereocenters. The minimum absolute atomic E-state index is 0.0206. The lowest BCUT2D eigenvalue weighted by Gasteiger charge is -2.03. The van der Waals surface area contributed by atoms with Crippen molar-refractivity contribution < 1.29 is 5.11 Å². The number of benzene rings is 2. The molecule has 0 atom stereocenters. The molecule has 1 aliphatic rings. The number of aromatic hydroxyl groups is 1. The summed E-state index contributed by atoms with van der Waals surface area (Å²) in [6.07, 6.45) is 1.85. The fourth-order valence-electron chi connectivity index (χ4n) is 2.39. The van der Waals surface area contributed by atoms with Gasteiger partial charge in [0.15, 0.2) is 5.13 Å². The van der Waals surface area contributed by atoms with Gasteiger partial charge in [-0.15, -0.1) is 0 Å². The molecule has 0 bridgehead atoms. The monoisotopic (exact) mass is 413 g/mol. The molecular weight excluding hydrogens is 402 g/mol. The highest BCUT2D eigenvalue weighted by atomic mass is 79.9. The molecule has 8 heteroatoms. The van der Waals surface area contributed by atoms with E-state index in [2.05, 4.69) is 36.2 Å². The molecule has 4 N–H and O–H groups in total. The van der Waals surface area contributed by atoms with Gasteiger partial charge in [-0.3, -0.25) is 0 Å². The Balaban J connectivity index is 1.67. The number of aromatic nitrogens is 1. The Hall–Kier alpha value is -2.71. The molecule has 3 aromatic rings. The van der Waals surface area contributed by atoms with Gasteiger partial charge >= 0.3 is 0 Å². The Bertz CT molecular complexity index is 1120. The summed E-state index contributed by atoms with van der Waals surface area (Å²) in [6.45, 7) is 0. The Morgan fingerprint density at radius 2 is 2.00 bits per heavy atom. The second-order valence-electron chi connectivity index (χ2n) is 5.29. The van der Waals surface area contributed by atoms with Crippen LogP contribution in [0.3, 0.4) is 0 Å². The summed E-state index contributed by atoms with van der Waals surface area (Å²) < 4.78 is 0.924. The Kier molecular flexibility index (Phi) is 3.98. The van der Waals surface area contributed by atoms with Gasteiger partial charge in [0, 0.05) is 4.47 Å². The Labute approximate surface area is 155 Å². The van der Waals surface area contributed by atoms with Crippen molar-refractivity contribution in [1.82, 2.24) is 4.98 Å². The van der Waals surface area contributed by atoms with Crippen molar-refractivity contribution in [3.8, 4) is 5.88 Å². The van der Waals surface area contributed by atoms with E-state index in [9.17, 15) is 5.11 Å². The molecule has 1 aliphatic heterocycles. The number of nitrogens with two attached hydrogens (primary N) is 1. The number of fused-ring (bicyclic) bond motifs is 1. The van der Waals surface area contributed by atoms with Crippen LogP contribution in [0, 0.1) is 0 Å². The summed E-state index contributed by atoms with van der Waals surface area (Å²) in [5.74, 6) is 0.237. The first-order valence-electron chi connectivity index (χ1n) is 7.34. The third-order valence-electron chi connectivity index (χ3n) is 3.52. The van der Waals surface area contributed by atoms with Gasteiger partial charge in [-0.2, -0.15) is 4.98 Å². The van der Waals surface area contributed by atoms with Gasteiger partial charge in [-0.1, -0.05) is 29.5 Å². The van der Waals surface area contributed by atoms with E-state index in [0.29, 0.717) is 10.0 Å². The van der Waals surface area contributed by atoms with E-state index in [0.717, 1.165) is 26.4 Å². The number of hydrogen-bond acceptors (Lipinski definition) is 7. The van der Waals surface area contributed by atoms with Crippen LogP contribution in [0.1, 0.15) is 4.88 Å². The molecule has 124 valence electrons. The maximum absolute atomic E-state index is 10.1. The summed E-state index contributed by atoms with van der Waals surface area (Å²) in [4.78, 5) is 13.1. The van der Waals surface area contributed by atoms with Gasteiger partial charge in [0.1, 0.15) is 0 Å². The molecule has 25 heavy (non-hydrogen) atoms. The number of nitrogens with one attached hydrogen (secondary N) is 1. The van der Waals surface area contributed by atoms with E-state index in [4.69, 9.17) is 5.73 Å². The molecule has 0 radical (unpaired) electrons. The predicted octanol–water partition coefficient (Wildman–Crippen LogP) is 2.76. The minimum Gasteiger partial charge on any atom is -0.492 e. The van der Waals surface area contributed by atoms with Crippen LogP contribution in [0.5, 0.6) is 5.88 Å². The van der Waals surface area contributed by atoms with Gasteiger partial charge in [-0.25, -0.2) is 9.98 Å². The van der Waals surface area contributed by atoms with E-state index in [1.54, 1.807) is 0 Å². The van der Waals surface area contributed by atoms with Crippen LogP contribution in [-0.4, -0.2) is 16.1 Å². The van der Waals surface area contributed by atoms with Crippen molar-refractivity contribution in [1.29, 1.82) is 0 Å². The number of guanidine groups is 1. The molecular formula is C17H12BrN5OS. The standard InChI is InChI=1S/C17H12BrN5OS/c18-10-3-1-2-4-11(10)22-17-23-15(24)14(25-17)8-9-5-6-12-13(7-9)21-16(19)20-12/h1-8,24H,(H2,19,21)(H,22,23)/b9-8-. The molecule has 0 aliphatic carbocycles. The Morgan fingerprint density at radius 3 is 2.84 bits per heavy atom. The highest BCUT2D eigenvalue weighted by Gasteiger charge is 2.10. The van der Waals surface area contributed by atoms with Gasteiger partial charge in [0.05, 0.1) is 21.6 Å². The van der Waals surface area contributed by atoms with Crippen LogP contribution >= 0.6 is 27.3 Å². The molecule has 2 aromatic carbocycles. The number of rotatable bonds is 3. The van der Waals surface area contributed by atoms with Crippen molar-refractivity contribution in [3.63, 3.8) is 0 Å². The Morgan fingerprint density at radius 1 is 1.16 bits per heavy atom. The molecule has 6 nitrogen and oxygen atoms in total. The molecule has 0 amide bonds. The van der Waals surface area contributed by atoms with Crippen LogP contribution < -0.4 is 21.6 Å². The van der Waals surface area contributed by atoms with Crippen LogP contribution in [0.2, 0.25) is 0 Å². The zero-order valence-corrected chi connectivity index (χ0v) is 15.2. The van der Waals surface area contributed by atoms with Crippen LogP contribution in [0.15, 0.2) is 56.9 Å². The topological polar surface area (TPSA) is 95.9 Å². The lowest BCUT2D eigenvalue weighted by atomic mass is 10.2. The summed E-state index contributed by atoms with van der Waals surface area (Å²) in [5, 5.41) is 15.6. The van der Waals surface area contributed by atoms with E-state index >= 15 is 0 Å². The highest BCUT2D eigenvalue weighted by molar-refractivity contribution is 9.10. The van der Waals surface area contributed by atoms with E-state index in [-0.39, 0.29) is 11.8 Å². The third-order valence-corrected chi connectivity index (χ3v) is 5.12. The second-order valence-corrected chi connectivity index (χ2v) is 7.17. The number of hydrogen-bond donors (Lipinski definition) is 3. The summed E-state index contributed by atoms with van der Waals surface area (Å²) in [5.41, 5.74) is 7.22. The maximum atomic E-state index is 10.1. The van der Waals surface area contributed by atoms with Crippen LogP contribution in [0.25, 0.3) is 6.08 Å². The third kappa shape index (κ3) is 3.26. The van der Waals surface area contributed by atoms with E-state index in [1.165, 1.54) is 11.3 Å². The van der Waals surface area contributed by atoms with Gasteiger partial charge in [0.2, 0.25) is 11.8 Å². The van der Waals surface area contributed by atoms with E-state index in [1.807, 2.05) is 48.5 Å². The first-order chi connectivity index (χ1) is 12.1. The van der Waals surface area contributed by atoms with Crippen molar-refractivity contribution >= 4 is 55.8 Å². The normalized spacial score (nSPS) is 13.3. The predicted molar refractivity (Wildman–Crippen MR) is 103 cm³/mol. The smallest absolute Gasteiger partial charge is 0.231 e. The number of halogens is 1. The van der Waals surface area contributed by atoms with Crippen molar-refractivity contribution in [2.45, 2.75) is 0 Å². The van der Waals surface area contributed by atoms with Crippen molar-refractivity contribution in [2.24, 2.45) is 15.7 Å². The first kappa shape index (κ1) is 15.8. The van der Waals surface area contributed by atoms with Crippen LogP contribution in [-0.2, 0) is 0 Å². The molecule has 0 saturated carbocycles. The molecule has 0 fully saturated rings. The lowest BCUT2D eigenvalue weighted by Crippen LogP contribution is -2.09. The quantitative estimate of drug-likeness (QED) is 0.614. The first-order valence-corrected chi connectivity index (χ1v) is 8.95. The minimum atomic E-state index is -0.0206. The number of aliphatic imine (C=N–C) groups is 1. The van der Waals surface area contributed by atoms with Crippen molar-refractivity contribution in [2.75, 3.05) is 5.32 Å². The zero-order chi connectivity index (χ0) is 17.4. The largest absolute Gasteiger partial charge is 0.492 e. The number of para-hydroxylation sites is 1. The van der Waals surface area contributed by atoms with Gasteiger partial charge in [-0.05, 0) is 51.5 Å². The molecule has 1 aromatic heterocycles. The zero-order valence-electron chi connectivity index (χ0n) is 12.8. The summed E-state index contributed by atoms with van der Waals surface area (Å²) in [6, 6.07) is 13.3. The fourth-order valence-corrected chi connectivity index (χ4v) is 3.60. The number of nitrogens with zero attached hydrogens (tertiary/aromatic N) is 3. The van der Waals surface area contributed by atoms with Gasteiger partial charge in [0.25, 0.3) is 0 Å². The second kappa shape index (κ2) is 6.30. The average molecular weight is 414 g/mol. The molecule has 0 saturated heterocycles.